The lowest BCUT2D eigenvalue weighted by Crippen LogP contribution is -2.42. The van der Waals surface area contributed by atoms with E-state index >= 15 is 0 Å². The zero-order valence-electron chi connectivity index (χ0n) is 13.5. The van der Waals surface area contributed by atoms with Crippen LogP contribution < -0.4 is 0 Å². The first-order valence-electron chi connectivity index (χ1n) is 8.65. The van der Waals surface area contributed by atoms with Crippen LogP contribution in [0.1, 0.15) is 55.3 Å². The van der Waals surface area contributed by atoms with E-state index < -0.39 is 0 Å². The zero-order chi connectivity index (χ0) is 16.0. The number of nitrogens with zero attached hydrogens (tertiary/aromatic N) is 3. The van der Waals surface area contributed by atoms with E-state index in [0.717, 1.165) is 49.4 Å². The smallest absolute Gasteiger partial charge is 0.228 e. The quantitative estimate of drug-likeness (QED) is 0.854. The van der Waals surface area contributed by atoms with Gasteiger partial charge in [0.05, 0.1) is 12.0 Å². The summed E-state index contributed by atoms with van der Waals surface area (Å²) in [5, 5.41) is 3.11. The molecule has 3 aliphatic rings. The molecule has 4 rings (SSSR count). The molecule has 0 bridgehead atoms. The molecular weight excluding hydrogens is 310 g/mol. The van der Waals surface area contributed by atoms with Crippen LogP contribution in [0.25, 0.3) is 0 Å². The highest BCUT2D eigenvalue weighted by Gasteiger charge is 2.44. The van der Waals surface area contributed by atoms with Crippen molar-refractivity contribution < 1.29 is 9.59 Å². The van der Waals surface area contributed by atoms with Crippen LogP contribution >= 0.6 is 11.3 Å². The SMILES string of the molecule is Cc1csc([C@H]2CCCCN2C(=O)[C@H]2CC(=O)N(C3CC3)C2)n1. The molecule has 5 nitrogen and oxygen atoms in total. The third-order valence-electron chi connectivity index (χ3n) is 5.20. The van der Waals surface area contributed by atoms with E-state index in [2.05, 4.69) is 10.4 Å². The number of aromatic nitrogens is 1. The standard InChI is InChI=1S/C17H23N3O2S/c1-11-10-23-16(18-11)14-4-2-3-7-19(14)17(22)12-8-15(21)20(9-12)13-5-6-13/h10,12-14H,2-9H2,1H3/t12-,14+/m0/s1. The van der Waals surface area contributed by atoms with Crippen molar-refractivity contribution in [3.63, 3.8) is 0 Å². The lowest BCUT2D eigenvalue weighted by molar-refractivity contribution is -0.139. The van der Waals surface area contributed by atoms with E-state index in [9.17, 15) is 9.59 Å². The highest BCUT2D eigenvalue weighted by molar-refractivity contribution is 7.09. The minimum Gasteiger partial charge on any atom is -0.339 e. The summed E-state index contributed by atoms with van der Waals surface area (Å²) < 4.78 is 0. The van der Waals surface area contributed by atoms with Gasteiger partial charge in [0.25, 0.3) is 0 Å². The van der Waals surface area contributed by atoms with Gasteiger partial charge in [0.1, 0.15) is 5.01 Å². The fraction of sp³-hybridized carbons (Fsp3) is 0.706. The molecular formula is C17H23N3O2S. The Morgan fingerprint density at radius 3 is 2.83 bits per heavy atom. The molecule has 3 heterocycles. The van der Waals surface area contributed by atoms with Crippen LogP contribution in [-0.2, 0) is 9.59 Å². The van der Waals surface area contributed by atoms with E-state index in [1.54, 1.807) is 11.3 Å². The first-order valence-corrected chi connectivity index (χ1v) is 9.53. The van der Waals surface area contributed by atoms with Crippen LogP contribution in [0.4, 0.5) is 0 Å². The summed E-state index contributed by atoms with van der Waals surface area (Å²) in [5.74, 6) is 0.188. The van der Waals surface area contributed by atoms with Crippen molar-refractivity contribution in [3.8, 4) is 0 Å². The number of likely N-dealkylation sites (tertiary alicyclic amines) is 2. The van der Waals surface area contributed by atoms with Gasteiger partial charge in [-0.15, -0.1) is 11.3 Å². The Morgan fingerprint density at radius 2 is 2.13 bits per heavy atom. The number of hydrogen-bond donors (Lipinski definition) is 0. The molecule has 1 aromatic heterocycles. The maximum atomic E-state index is 13.0. The maximum Gasteiger partial charge on any atom is 0.228 e. The predicted octanol–water partition coefficient (Wildman–Crippen LogP) is 2.52. The molecule has 2 amide bonds. The summed E-state index contributed by atoms with van der Waals surface area (Å²) in [4.78, 5) is 33.8. The van der Waals surface area contributed by atoms with Gasteiger partial charge in [0, 0.05) is 36.6 Å². The molecule has 6 heteroatoms. The summed E-state index contributed by atoms with van der Waals surface area (Å²) in [6.45, 7) is 3.43. The molecule has 124 valence electrons. The van der Waals surface area contributed by atoms with E-state index in [1.165, 1.54) is 0 Å². The van der Waals surface area contributed by atoms with Crippen LogP contribution in [0.2, 0.25) is 0 Å². The summed E-state index contributed by atoms with van der Waals surface area (Å²) in [5.41, 5.74) is 1.03. The van der Waals surface area contributed by atoms with Crippen molar-refractivity contribution in [1.82, 2.24) is 14.8 Å². The highest BCUT2D eigenvalue weighted by atomic mass is 32.1. The number of carbonyl (C=O) groups is 2. The molecule has 1 saturated carbocycles. The Morgan fingerprint density at radius 1 is 1.30 bits per heavy atom. The predicted molar refractivity (Wildman–Crippen MR) is 88.0 cm³/mol. The van der Waals surface area contributed by atoms with Crippen molar-refractivity contribution in [3.05, 3.63) is 16.1 Å². The highest BCUT2D eigenvalue weighted by Crippen LogP contribution is 2.37. The number of rotatable bonds is 3. The second-order valence-electron chi connectivity index (χ2n) is 7.05. The number of hydrogen-bond acceptors (Lipinski definition) is 4. The van der Waals surface area contributed by atoms with E-state index in [4.69, 9.17) is 0 Å². The van der Waals surface area contributed by atoms with Gasteiger partial charge in [-0.3, -0.25) is 9.59 Å². The number of aryl methyl sites for hydroxylation is 1. The van der Waals surface area contributed by atoms with Crippen molar-refractivity contribution in [2.45, 2.75) is 57.5 Å². The van der Waals surface area contributed by atoms with Crippen LogP contribution in [0.5, 0.6) is 0 Å². The van der Waals surface area contributed by atoms with Gasteiger partial charge in [-0.1, -0.05) is 0 Å². The molecule has 0 unspecified atom stereocenters. The van der Waals surface area contributed by atoms with Crippen LogP contribution in [0.15, 0.2) is 5.38 Å². The first kappa shape index (κ1) is 15.1. The van der Waals surface area contributed by atoms with Gasteiger partial charge in [-0.05, 0) is 39.0 Å². The summed E-state index contributed by atoms with van der Waals surface area (Å²) in [6.07, 6.45) is 5.81. The molecule has 1 aliphatic carbocycles. The zero-order valence-corrected chi connectivity index (χ0v) is 14.3. The lowest BCUT2D eigenvalue weighted by Gasteiger charge is -2.36. The first-order chi connectivity index (χ1) is 11.1. The Bertz CT molecular complexity index is 625. The van der Waals surface area contributed by atoms with E-state index in [-0.39, 0.29) is 23.8 Å². The number of piperidine rings is 1. The third-order valence-corrected chi connectivity index (χ3v) is 6.27. The minimum absolute atomic E-state index is 0.111. The Balaban J connectivity index is 1.50. The molecule has 0 N–H and O–H groups in total. The molecule has 0 spiro atoms. The second kappa shape index (κ2) is 5.89. The van der Waals surface area contributed by atoms with Gasteiger partial charge < -0.3 is 9.80 Å². The van der Waals surface area contributed by atoms with E-state index in [0.29, 0.717) is 19.0 Å². The van der Waals surface area contributed by atoms with Crippen LogP contribution in [0, 0.1) is 12.8 Å². The molecule has 3 fully saturated rings. The van der Waals surface area contributed by atoms with Gasteiger partial charge in [-0.25, -0.2) is 4.98 Å². The lowest BCUT2D eigenvalue weighted by atomic mass is 9.99. The molecule has 0 aromatic carbocycles. The molecule has 2 saturated heterocycles. The van der Waals surface area contributed by atoms with Crippen molar-refractivity contribution in [1.29, 1.82) is 0 Å². The molecule has 0 radical (unpaired) electrons. The molecule has 23 heavy (non-hydrogen) atoms. The Hall–Kier alpha value is -1.43. The van der Waals surface area contributed by atoms with Gasteiger partial charge in [0.2, 0.25) is 11.8 Å². The van der Waals surface area contributed by atoms with Crippen LogP contribution in [-0.4, -0.2) is 45.7 Å². The third kappa shape index (κ3) is 2.89. The number of thiazole rings is 1. The minimum atomic E-state index is -0.148. The van der Waals surface area contributed by atoms with Gasteiger partial charge >= 0.3 is 0 Å². The average Bonchev–Trinajstić information content (AvgIpc) is 3.19. The molecule has 1 aromatic rings. The fourth-order valence-corrected chi connectivity index (χ4v) is 4.79. The summed E-state index contributed by atoms with van der Waals surface area (Å²) >= 11 is 1.65. The van der Waals surface area contributed by atoms with Gasteiger partial charge in [0.15, 0.2) is 0 Å². The normalized spacial score (nSPS) is 28.5. The van der Waals surface area contributed by atoms with Crippen molar-refractivity contribution in [2.75, 3.05) is 13.1 Å². The topological polar surface area (TPSA) is 53.5 Å². The molecule has 2 aliphatic heterocycles. The fourth-order valence-electron chi connectivity index (χ4n) is 3.85. The average molecular weight is 333 g/mol. The monoisotopic (exact) mass is 333 g/mol. The largest absolute Gasteiger partial charge is 0.339 e. The van der Waals surface area contributed by atoms with Crippen LogP contribution in [0.3, 0.4) is 0 Å². The van der Waals surface area contributed by atoms with Gasteiger partial charge in [-0.2, -0.15) is 0 Å². The second-order valence-corrected chi connectivity index (χ2v) is 7.94. The summed E-state index contributed by atoms with van der Waals surface area (Å²) in [6, 6.07) is 0.527. The Kier molecular flexibility index (Phi) is 3.87. The summed E-state index contributed by atoms with van der Waals surface area (Å²) in [7, 11) is 0. The van der Waals surface area contributed by atoms with E-state index in [1.807, 2.05) is 16.7 Å². The maximum absolute atomic E-state index is 13.0. The number of carbonyl (C=O) groups excluding carboxylic acids is 2. The van der Waals surface area contributed by atoms with Crippen molar-refractivity contribution >= 4 is 23.2 Å². The van der Waals surface area contributed by atoms with Crippen molar-refractivity contribution in [2.24, 2.45) is 5.92 Å². The molecule has 2 atom stereocenters. The Labute approximate surface area is 140 Å². The number of amides is 2.